The van der Waals surface area contributed by atoms with Gasteiger partial charge in [-0.1, -0.05) is 36.7 Å². The van der Waals surface area contributed by atoms with Crippen LogP contribution >= 0.6 is 28.1 Å². The van der Waals surface area contributed by atoms with Gasteiger partial charge < -0.3 is 4.74 Å². The zero-order valence-corrected chi connectivity index (χ0v) is 15.7. The predicted octanol–water partition coefficient (Wildman–Crippen LogP) is 3.25. The molecule has 6 nitrogen and oxygen atoms in total. The van der Waals surface area contributed by atoms with E-state index in [-0.39, 0.29) is 10.3 Å². The number of aromatic nitrogens is 3. The fourth-order valence-corrected chi connectivity index (χ4v) is 2.47. The topological polar surface area (TPSA) is 72.3 Å². The summed E-state index contributed by atoms with van der Waals surface area (Å²) in [6.07, 6.45) is 1.53. The number of halogens is 1. The molecule has 0 unspecified atom stereocenters. The van der Waals surface area contributed by atoms with Crippen molar-refractivity contribution < 1.29 is 4.74 Å². The van der Waals surface area contributed by atoms with Crippen LogP contribution in [0.15, 0.2) is 32.6 Å². The molecule has 0 aliphatic heterocycles. The third-order valence-corrected chi connectivity index (χ3v) is 3.82. The van der Waals surface area contributed by atoms with Crippen LogP contribution in [0.1, 0.15) is 32.0 Å². The third kappa shape index (κ3) is 3.94. The molecule has 1 aromatic heterocycles. The molecule has 2 aromatic rings. The standard InChI is InChI=1S/C15H17BrN4O2S/c1-15(2,3)12-13(21)20(14(23)19-18-12)17-8-9-7-10(16)5-6-11(9)22-4/h5-8H,1-4H3,(H,19,23)/b17-8-. The van der Waals surface area contributed by atoms with Crippen molar-refractivity contribution in [3.63, 3.8) is 0 Å². The van der Waals surface area contributed by atoms with Crippen molar-refractivity contribution in [2.24, 2.45) is 5.10 Å². The van der Waals surface area contributed by atoms with Crippen molar-refractivity contribution >= 4 is 34.4 Å². The van der Waals surface area contributed by atoms with Crippen molar-refractivity contribution in [3.8, 4) is 5.75 Å². The monoisotopic (exact) mass is 396 g/mol. The molecule has 0 amide bonds. The molecule has 0 bridgehead atoms. The van der Waals surface area contributed by atoms with Crippen LogP contribution in [0.3, 0.4) is 0 Å². The first kappa shape index (κ1) is 17.6. The molecule has 1 N–H and O–H groups in total. The van der Waals surface area contributed by atoms with E-state index in [1.807, 2.05) is 39.0 Å². The van der Waals surface area contributed by atoms with E-state index in [9.17, 15) is 4.79 Å². The summed E-state index contributed by atoms with van der Waals surface area (Å²) >= 11 is 8.51. The average Bonchev–Trinajstić information content (AvgIpc) is 2.45. The Kier molecular flexibility index (Phi) is 5.16. The molecule has 122 valence electrons. The molecule has 0 atom stereocenters. The van der Waals surface area contributed by atoms with Crippen LogP contribution in [0, 0.1) is 4.77 Å². The lowest BCUT2D eigenvalue weighted by Crippen LogP contribution is -2.32. The van der Waals surface area contributed by atoms with Crippen LogP contribution in [-0.4, -0.2) is 28.2 Å². The molecule has 0 aliphatic rings. The van der Waals surface area contributed by atoms with E-state index in [0.717, 1.165) is 14.7 Å². The molecule has 23 heavy (non-hydrogen) atoms. The van der Waals surface area contributed by atoms with Gasteiger partial charge in [-0.05, 0) is 30.4 Å². The summed E-state index contributed by atoms with van der Waals surface area (Å²) in [5, 5.41) is 10.9. The highest BCUT2D eigenvalue weighted by Crippen LogP contribution is 2.21. The minimum absolute atomic E-state index is 0.133. The number of rotatable bonds is 3. The predicted molar refractivity (Wildman–Crippen MR) is 96.1 cm³/mol. The zero-order chi connectivity index (χ0) is 17.2. The Morgan fingerprint density at radius 2 is 2.13 bits per heavy atom. The van der Waals surface area contributed by atoms with E-state index in [2.05, 4.69) is 31.2 Å². The van der Waals surface area contributed by atoms with Gasteiger partial charge in [-0.3, -0.25) is 9.89 Å². The number of hydrogen-bond donors (Lipinski definition) is 1. The summed E-state index contributed by atoms with van der Waals surface area (Å²) in [6, 6.07) is 5.51. The minimum Gasteiger partial charge on any atom is -0.496 e. The van der Waals surface area contributed by atoms with Gasteiger partial charge in [-0.25, -0.2) is 0 Å². The molecule has 0 saturated carbocycles. The molecule has 0 spiro atoms. The molecule has 8 heteroatoms. The van der Waals surface area contributed by atoms with Crippen LogP contribution in [0.5, 0.6) is 5.75 Å². The number of nitrogens with one attached hydrogen (secondary N) is 1. The van der Waals surface area contributed by atoms with Gasteiger partial charge in [0.05, 0.1) is 13.3 Å². The largest absolute Gasteiger partial charge is 0.496 e. The van der Waals surface area contributed by atoms with Gasteiger partial charge in [-0.15, -0.1) is 0 Å². The quantitative estimate of drug-likeness (QED) is 0.638. The first-order valence-corrected chi connectivity index (χ1v) is 8.04. The lowest BCUT2D eigenvalue weighted by molar-refractivity contribution is 0.414. The number of hydrogen-bond acceptors (Lipinski definition) is 5. The number of nitrogens with zero attached hydrogens (tertiary/aromatic N) is 3. The highest BCUT2D eigenvalue weighted by atomic mass is 79.9. The van der Waals surface area contributed by atoms with Gasteiger partial charge in [0.25, 0.3) is 5.56 Å². The van der Waals surface area contributed by atoms with Gasteiger partial charge in [0.15, 0.2) is 0 Å². The van der Waals surface area contributed by atoms with E-state index >= 15 is 0 Å². The number of benzene rings is 1. The van der Waals surface area contributed by atoms with Crippen LogP contribution in [0.25, 0.3) is 0 Å². The fraction of sp³-hybridized carbons (Fsp3) is 0.333. The Bertz CT molecular complexity index is 865. The highest BCUT2D eigenvalue weighted by Gasteiger charge is 2.21. The number of aromatic amines is 1. The van der Waals surface area contributed by atoms with Crippen LogP contribution in [-0.2, 0) is 5.41 Å². The van der Waals surface area contributed by atoms with E-state index < -0.39 is 5.41 Å². The molecule has 0 radical (unpaired) electrons. The number of ether oxygens (including phenoxy) is 1. The summed E-state index contributed by atoms with van der Waals surface area (Å²) in [4.78, 5) is 12.5. The second-order valence-corrected chi connectivity index (χ2v) is 7.18. The number of methoxy groups -OCH3 is 1. The molecule has 0 fully saturated rings. The lowest BCUT2D eigenvalue weighted by Gasteiger charge is -2.16. The molecular weight excluding hydrogens is 380 g/mol. The van der Waals surface area contributed by atoms with Gasteiger partial charge in [0, 0.05) is 15.5 Å². The Morgan fingerprint density at radius 1 is 1.43 bits per heavy atom. The Balaban J connectivity index is 2.55. The maximum atomic E-state index is 12.5. The van der Waals surface area contributed by atoms with Crippen molar-refractivity contribution in [1.29, 1.82) is 0 Å². The Morgan fingerprint density at radius 3 is 2.74 bits per heavy atom. The third-order valence-electron chi connectivity index (χ3n) is 3.07. The van der Waals surface area contributed by atoms with Crippen molar-refractivity contribution in [2.45, 2.75) is 26.2 Å². The maximum absolute atomic E-state index is 12.5. The Labute approximate surface area is 147 Å². The molecule has 0 aliphatic carbocycles. The summed E-state index contributed by atoms with van der Waals surface area (Å²) in [6.45, 7) is 5.71. The van der Waals surface area contributed by atoms with Crippen molar-refractivity contribution in [3.05, 3.63) is 49.1 Å². The zero-order valence-electron chi connectivity index (χ0n) is 13.3. The molecule has 1 aromatic carbocycles. The van der Waals surface area contributed by atoms with E-state index in [4.69, 9.17) is 17.0 Å². The number of H-pyrrole nitrogens is 1. The molecule has 0 saturated heterocycles. The fourth-order valence-electron chi connectivity index (χ4n) is 1.91. The van der Waals surface area contributed by atoms with E-state index in [0.29, 0.717) is 11.4 Å². The summed E-state index contributed by atoms with van der Waals surface area (Å²) in [5.74, 6) is 0.644. The SMILES string of the molecule is COc1ccc(Br)cc1/C=N\n1c(=S)[nH]nc(C(C)(C)C)c1=O. The van der Waals surface area contributed by atoms with E-state index in [1.165, 1.54) is 6.21 Å². The van der Waals surface area contributed by atoms with Gasteiger partial charge in [0.2, 0.25) is 4.77 Å². The minimum atomic E-state index is -0.415. The van der Waals surface area contributed by atoms with Crippen molar-refractivity contribution in [1.82, 2.24) is 14.9 Å². The normalized spacial score (nSPS) is 11.9. The second-order valence-electron chi connectivity index (χ2n) is 5.88. The summed E-state index contributed by atoms with van der Waals surface area (Å²) < 4.78 is 7.42. The smallest absolute Gasteiger partial charge is 0.297 e. The first-order chi connectivity index (χ1) is 10.7. The second kappa shape index (κ2) is 6.76. The van der Waals surface area contributed by atoms with Gasteiger partial charge >= 0.3 is 0 Å². The van der Waals surface area contributed by atoms with Crippen LogP contribution < -0.4 is 10.3 Å². The van der Waals surface area contributed by atoms with Gasteiger partial charge in [-0.2, -0.15) is 14.9 Å². The average molecular weight is 397 g/mol. The van der Waals surface area contributed by atoms with Crippen LogP contribution in [0.4, 0.5) is 0 Å². The Hall–Kier alpha value is -1.80. The molecular formula is C15H17BrN4O2S. The van der Waals surface area contributed by atoms with Crippen LogP contribution in [0.2, 0.25) is 0 Å². The first-order valence-electron chi connectivity index (χ1n) is 6.84. The summed E-state index contributed by atoms with van der Waals surface area (Å²) in [7, 11) is 1.57. The maximum Gasteiger partial charge on any atom is 0.297 e. The van der Waals surface area contributed by atoms with Crippen molar-refractivity contribution in [2.75, 3.05) is 7.11 Å². The molecule has 2 rings (SSSR count). The molecule has 1 heterocycles. The highest BCUT2D eigenvalue weighted by molar-refractivity contribution is 9.10. The van der Waals surface area contributed by atoms with E-state index in [1.54, 1.807) is 7.11 Å². The lowest BCUT2D eigenvalue weighted by atomic mass is 9.93. The van der Waals surface area contributed by atoms with Gasteiger partial charge in [0.1, 0.15) is 11.4 Å². The summed E-state index contributed by atoms with van der Waals surface area (Å²) in [5.41, 5.74) is 0.328.